The molecule has 0 aromatic heterocycles. The molecule has 18 heavy (non-hydrogen) atoms. The first-order valence-corrected chi connectivity index (χ1v) is 5.80. The fourth-order valence-corrected chi connectivity index (χ4v) is 1.95. The van der Waals surface area contributed by atoms with Crippen molar-refractivity contribution < 1.29 is 19.4 Å². The number of ether oxygens (including phenoxy) is 1. The van der Waals surface area contributed by atoms with Crippen LogP contribution in [0.4, 0.5) is 4.79 Å². The highest BCUT2D eigenvalue weighted by molar-refractivity contribution is 5.80. The number of piperidine rings is 1. The number of likely N-dealkylation sites (tertiary alicyclic amines) is 1. The Morgan fingerprint density at radius 3 is 2.56 bits per heavy atom. The van der Waals surface area contributed by atoms with E-state index >= 15 is 0 Å². The van der Waals surface area contributed by atoms with Crippen molar-refractivity contribution in [3.05, 3.63) is 0 Å². The maximum Gasteiger partial charge on any atom is 0.323 e. The van der Waals surface area contributed by atoms with Crippen LogP contribution in [0.15, 0.2) is 0 Å². The SMILES string of the molecule is C#CCN(CC(=O)O)C(=O)N1CCC(OC)CC1. The monoisotopic (exact) mass is 254 g/mol. The minimum Gasteiger partial charge on any atom is -0.480 e. The van der Waals surface area contributed by atoms with Crippen LogP contribution in [0.3, 0.4) is 0 Å². The predicted octanol–water partition coefficient (Wildman–Crippen LogP) is 0.237. The van der Waals surface area contributed by atoms with Crippen LogP contribution in [0, 0.1) is 12.3 Å². The Balaban J connectivity index is 2.56. The molecule has 1 saturated heterocycles. The minimum absolute atomic E-state index is 0.00927. The normalized spacial score (nSPS) is 16.1. The van der Waals surface area contributed by atoms with Crippen molar-refractivity contribution in [3.8, 4) is 12.3 Å². The Kier molecular flexibility index (Phi) is 5.46. The van der Waals surface area contributed by atoms with Crippen LogP contribution in [-0.4, -0.2) is 66.3 Å². The molecule has 1 heterocycles. The van der Waals surface area contributed by atoms with Gasteiger partial charge in [-0.05, 0) is 12.8 Å². The van der Waals surface area contributed by atoms with Gasteiger partial charge in [-0.15, -0.1) is 6.42 Å². The molecule has 1 N–H and O–H groups in total. The van der Waals surface area contributed by atoms with Gasteiger partial charge < -0.3 is 19.6 Å². The van der Waals surface area contributed by atoms with Crippen LogP contribution in [0.2, 0.25) is 0 Å². The molecule has 1 rings (SSSR count). The van der Waals surface area contributed by atoms with E-state index in [0.29, 0.717) is 13.1 Å². The number of carbonyl (C=O) groups excluding carboxylic acids is 1. The topological polar surface area (TPSA) is 70.1 Å². The van der Waals surface area contributed by atoms with Gasteiger partial charge in [0.1, 0.15) is 6.54 Å². The Bertz CT molecular complexity index is 342. The third-order valence-corrected chi connectivity index (χ3v) is 2.92. The summed E-state index contributed by atoms with van der Waals surface area (Å²) in [5.41, 5.74) is 0. The second kappa shape index (κ2) is 6.87. The number of carbonyl (C=O) groups is 2. The van der Waals surface area contributed by atoms with Crippen molar-refractivity contribution in [1.82, 2.24) is 9.80 Å². The Morgan fingerprint density at radius 2 is 2.11 bits per heavy atom. The Labute approximate surface area is 106 Å². The first-order chi connectivity index (χ1) is 8.58. The Morgan fingerprint density at radius 1 is 1.50 bits per heavy atom. The van der Waals surface area contributed by atoms with E-state index in [-0.39, 0.29) is 25.2 Å². The summed E-state index contributed by atoms with van der Waals surface area (Å²) < 4.78 is 5.21. The zero-order valence-corrected chi connectivity index (χ0v) is 10.5. The smallest absolute Gasteiger partial charge is 0.323 e. The van der Waals surface area contributed by atoms with Gasteiger partial charge in [0, 0.05) is 20.2 Å². The van der Waals surface area contributed by atoms with E-state index in [9.17, 15) is 9.59 Å². The van der Waals surface area contributed by atoms with Crippen LogP contribution in [-0.2, 0) is 9.53 Å². The lowest BCUT2D eigenvalue weighted by molar-refractivity contribution is -0.137. The lowest BCUT2D eigenvalue weighted by Gasteiger charge is -2.34. The van der Waals surface area contributed by atoms with Gasteiger partial charge in [-0.3, -0.25) is 4.79 Å². The summed E-state index contributed by atoms with van der Waals surface area (Å²) in [6.45, 7) is 0.776. The zero-order chi connectivity index (χ0) is 13.5. The average Bonchev–Trinajstić information content (AvgIpc) is 2.37. The summed E-state index contributed by atoms with van der Waals surface area (Å²) in [6.07, 6.45) is 6.84. The standard InChI is InChI=1S/C12H18N2O4/c1-3-6-14(9-11(15)16)12(17)13-7-4-10(18-2)5-8-13/h1,10H,4-9H2,2H3,(H,15,16). The summed E-state index contributed by atoms with van der Waals surface area (Å²) in [7, 11) is 1.65. The van der Waals surface area contributed by atoms with E-state index in [4.69, 9.17) is 16.3 Å². The zero-order valence-electron chi connectivity index (χ0n) is 10.5. The van der Waals surface area contributed by atoms with Gasteiger partial charge in [-0.1, -0.05) is 5.92 Å². The number of methoxy groups -OCH3 is 1. The van der Waals surface area contributed by atoms with Gasteiger partial charge in [0.05, 0.1) is 12.6 Å². The van der Waals surface area contributed by atoms with Crippen LogP contribution < -0.4 is 0 Å². The number of carboxylic acids is 1. The first-order valence-electron chi connectivity index (χ1n) is 5.80. The molecule has 6 nitrogen and oxygen atoms in total. The van der Waals surface area contributed by atoms with Crippen LogP contribution >= 0.6 is 0 Å². The lowest BCUT2D eigenvalue weighted by atomic mass is 10.1. The number of aliphatic carboxylic acids is 1. The molecule has 0 atom stereocenters. The van der Waals surface area contributed by atoms with Gasteiger partial charge in [0.25, 0.3) is 0 Å². The molecule has 6 heteroatoms. The Hall–Kier alpha value is -1.74. The molecule has 0 radical (unpaired) electrons. The molecule has 1 aliphatic rings. The van der Waals surface area contributed by atoms with Gasteiger partial charge in [0.2, 0.25) is 0 Å². The molecule has 100 valence electrons. The second-order valence-corrected chi connectivity index (χ2v) is 4.16. The number of hydrogen-bond donors (Lipinski definition) is 1. The van der Waals surface area contributed by atoms with Gasteiger partial charge in [0.15, 0.2) is 0 Å². The van der Waals surface area contributed by atoms with Gasteiger partial charge in [-0.25, -0.2) is 4.79 Å². The van der Waals surface area contributed by atoms with Crippen molar-refractivity contribution in [2.45, 2.75) is 18.9 Å². The summed E-state index contributed by atoms with van der Waals surface area (Å²) in [5, 5.41) is 8.74. The highest BCUT2D eigenvalue weighted by atomic mass is 16.5. The molecule has 0 unspecified atom stereocenters. The number of rotatable bonds is 4. The highest BCUT2D eigenvalue weighted by Crippen LogP contribution is 2.14. The number of carboxylic acid groups (broad SMARTS) is 1. The first kappa shape index (κ1) is 14.3. The third-order valence-electron chi connectivity index (χ3n) is 2.92. The van der Waals surface area contributed by atoms with E-state index < -0.39 is 5.97 Å². The van der Waals surface area contributed by atoms with Crippen molar-refractivity contribution in [3.63, 3.8) is 0 Å². The van der Waals surface area contributed by atoms with Gasteiger partial charge >= 0.3 is 12.0 Å². The molecule has 0 aliphatic carbocycles. The number of nitrogens with zero attached hydrogens (tertiary/aromatic N) is 2. The minimum atomic E-state index is -1.06. The number of hydrogen-bond acceptors (Lipinski definition) is 3. The third kappa shape index (κ3) is 3.93. The van der Waals surface area contributed by atoms with Crippen molar-refractivity contribution in [1.29, 1.82) is 0 Å². The molecule has 0 spiro atoms. The van der Waals surface area contributed by atoms with E-state index in [1.54, 1.807) is 12.0 Å². The van der Waals surface area contributed by atoms with Crippen LogP contribution in [0.1, 0.15) is 12.8 Å². The van der Waals surface area contributed by atoms with Crippen molar-refractivity contribution in [2.24, 2.45) is 0 Å². The summed E-state index contributed by atoms with van der Waals surface area (Å²) in [6, 6.07) is -0.315. The van der Waals surface area contributed by atoms with E-state index in [0.717, 1.165) is 17.7 Å². The molecule has 1 aliphatic heterocycles. The van der Waals surface area contributed by atoms with Gasteiger partial charge in [-0.2, -0.15) is 0 Å². The highest BCUT2D eigenvalue weighted by Gasteiger charge is 2.26. The van der Waals surface area contributed by atoms with E-state index in [1.165, 1.54) is 0 Å². The second-order valence-electron chi connectivity index (χ2n) is 4.16. The van der Waals surface area contributed by atoms with E-state index in [1.807, 2.05) is 0 Å². The van der Waals surface area contributed by atoms with Crippen molar-refractivity contribution in [2.75, 3.05) is 33.3 Å². The van der Waals surface area contributed by atoms with E-state index in [2.05, 4.69) is 5.92 Å². The quantitative estimate of drug-likeness (QED) is 0.729. The number of terminal acetylenes is 1. The molecule has 2 amide bonds. The average molecular weight is 254 g/mol. The summed E-state index contributed by atoms with van der Waals surface area (Å²) in [4.78, 5) is 25.5. The molecule has 0 bridgehead atoms. The van der Waals surface area contributed by atoms with Crippen LogP contribution in [0.25, 0.3) is 0 Å². The lowest BCUT2D eigenvalue weighted by Crippen LogP contribution is -2.49. The largest absolute Gasteiger partial charge is 0.480 e. The van der Waals surface area contributed by atoms with Crippen molar-refractivity contribution >= 4 is 12.0 Å². The summed E-state index contributed by atoms with van der Waals surface area (Å²) in [5.74, 6) is 1.24. The fraction of sp³-hybridized carbons (Fsp3) is 0.667. The fourth-order valence-electron chi connectivity index (χ4n) is 1.95. The number of urea groups is 1. The summed E-state index contributed by atoms with van der Waals surface area (Å²) >= 11 is 0. The molecular formula is C12H18N2O4. The molecular weight excluding hydrogens is 236 g/mol. The molecule has 0 saturated carbocycles. The molecule has 0 aromatic carbocycles. The molecule has 0 aromatic rings. The molecule has 1 fully saturated rings. The maximum absolute atomic E-state index is 12.1. The maximum atomic E-state index is 12.1. The predicted molar refractivity (Wildman–Crippen MR) is 65.0 cm³/mol. The number of amides is 2. The van der Waals surface area contributed by atoms with Crippen LogP contribution in [0.5, 0.6) is 0 Å².